The fraction of sp³-hybridized carbons (Fsp3) is 0.0476. The third-order valence-corrected chi connectivity index (χ3v) is 5.66. The quantitative estimate of drug-likeness (QED) is 0.318. The van der Waals surface area contributed by atoms with Crippen molar-refractivity contribution in [3.8, 4) is 22.1 Å². The van der Waals surface area contributed by atoms with E-state index in [2.05, 4.69) is 26.6 Å². The molecule has 1 aliphatic heterocycles. The van der Waals surface area contributed by atoms with Crippen LogP contribution in [0, 0.1) is 0 Å². The number of ether oxygens (including phenoxy) is 2. The van der Waals surface area contributed by atoms with Gasteiger partial charge in [0.25, 0.3) is 0 Å². The lowest BCUT2D eigenvalue weighted by atomic mass is 10.2. The molecule has 0 saturated carbocycles. The molecule has 0 fully saturated rings. The lowest BCUT2D eigenvalue weighted by Crippen LogP contribution is -1.92. The first kappa shape index (κ1) is 16.2. The van der Waals surface area contributed by atoms with E-state index in [0.29, 0.717) is 10.9 Å². The summed E-state index contributed by atoms with van der Waals surface area (Å²) < 4.78 is 16.8. The lowest BCUT2D eigenvalue weighted by Gasteiger charge is -1.94. The number of fused-ring (bicyclic) bond motifs is 3. The van der Waals surface area contributed by atoms with Crippen LogP contribution in [0.15, 0.2) is 64.4 Å². The van der Waals surface area contributed by atoms with Gasteiger partial charge in [-0.05, 0) is 18.2 Å². The number of H-pyrrole nitrogens is 1. The number of anilines is 1. The molecule has 2 N–H and O–H groups in total. The summed E-state index contributed by atoms with van der Waals surface area (Å²) in [5, 5.41) is 7.09. The van der Waals surface area contributed by atoms with Crippen LogP contribution in [0.25, 0.3) is 32.5 Å². The minimum Gasteiger partial charge on any atom is -0.455 e. The molecule has 0 amide bonds. The molecular formula is C21H14N4O3S. The first-order chi connectivity index (χ1) is 14.3. The zero-order valence-corrected chi connectivity index (χ0v) is 15.8. The molecule has 3 aromatic heterocycles. The molecule has 0 bridgehead atoms. The normalized spacial score (nSPS) is 13.1. The molecule has 2 aromatic carbocycles. The van der Waals surface area contributed by atoms with Gasteiger partial charge in [0, 0.05) is 34.1 Å². The molecule has 7 nitrogen and oxygen atoms in total. The molecule has 8 heteroatoms. The average Bonchev–Trinajstić information content (AvgIpc) is 3.52. The molecular weight excluding hydrogens is 388 g/mol. The third kappa shape index (κ3) is 2.81. The van der Waals surface area contributed by atoms with Crippen LogP contribution in [0.1, 0.15) is 5.56 Å². The van der Waals surface area contributed by atoms with Crippen molar-refractivity contribution in [2.75, 3.05) is 12.2 Å². The zero-order chi connectivity index (χ0) is 19.2. The average molecular weight is 402 g/mol. The first-order valence-corrected chi connectivity index (χ1v) is 9.80. The van der Waals surface area contributed by atoms with Gasteiger partial charge in [-0.25, -0.2) is 4.98 Å². The smallest absolute Gasteiger partial charge is 0.231 e. The van der Waals surface area contributed by atoms with Crippen molar-refractivity contribution < 1.29 is 13.9 Å². The summed E-state index contributed by atoms with van der Waals surface area (Å²) in [6, 6.07) is 13.9. The standard InChI is InChI=1S/C21H14N4O3S/c1-2-4-15-14(3-1)13(8-22-15)9-24-25-21-23-10-20(29-21)19-6-12-5-17-18(27-11-26-17)7-16(12)28-19/h1-10,22H,11H2,(H,23,25)/b24-9+. The van der Waals surface area contributed by atoms with E-state index in [0.717, 1.165) is 43.8 Å². The predicted molar refractivity (Wildman–Crippen MR) is 113 cm³/mol. The second kappa shape index (κ2) is 6.39. The molecule has 0 aliphatic carbocycles. The van der Waals surface area contributed by atoms with Crippen molar-refractivity contribution >= 4 is 44.6 Å². The number of rotatable bonds is 4. The highest BCUT2D eigenvalue weighted by Gasteiger charge is 2.17. The van der Waals surface area contributed by atoms with Gasteiger partial charge in [0.1, 0.15) is 11.3 Å². The molecule has 29 heavy (non-hydrogen) atoms. The Morgan fingerprint density at radius 2 is 2.03 bits per heavy atom. The van der Waals surface area contributed by atoms with Gasteiger partial charge in [0.15, 0.2) is 11.5 Å². The van der Waals surface area contributed by atoms with Gasteiger partial charge in [0.2, 0.25) is 11.9 Å². The number of hydrazone groups is 1. The van der Waals surface area contributed by atoms with Crippen molar-refractivity contribution in [2.45, 2.75) is 0 Å². The summed E-state index contributed by atoms with van der Waals surface area (Å²) in [6.07, 6.45) is 5.48. The van der Waals surface area contributed by atoms with E-state index < -0.39 is 0 Å². The highest BCUT2D eigenvalue weighted by atomic mass is 32.1. The van der Waals surface area contributed by atoms with Crippen LogP contribution in [0.2, 0.25) is 0 Å². The highest BCUT2D eigenvalue weighted by Crippen LogP contribution is 2.40. The Kier molecular flexibility index (Phi) is 3.57. The van der Waals surface area contributed by atoms with Gasteiger partial charge in [-0.15, -0.1) is 0 Å². The number of aromatic nitrogens is 2. The van der Waals surface area contributed by atoms with Gasteiger partial charge in [-0.2, -0.15) is 5.10 Å². The maximum atomic E-state index is 5.97. The molecule has 1 aliphatic rings. The fourth-order valence-corrected chi connectivity index (χ4v) is 4.07. The molecule has 5 aromatic rings. The van der Waals surface area contributed by atoms with Crippen LogP contribution < -0.4 is 14.9 Å². The summed E-state index contributed by atoms with van der Waals surface area (Å²) in [5.41, 5.74) is 5.84. The molecule has 6 rings (SSSR count). The number of nitrogens with zero attached hydrogens (tertiary/aromatic N) is 2. The van der Waals surface area contributed by atoms with Gasteiger partial charge >= 0.3 is 0 Å². The van der Waals surface area contributed by atoms with Crippen LogP contribution in [0.5, 0.6) is 11.5 Å². The number of furan rings is 1. The van der Waals surface area contributed by atoms with Gasteiger partial charge in [-0.3, -0.25) is 5.43 Å². The number of aromatic amines is 1. The van der Waals surface area contributed by atoms with Crippen molar-refractivity contribution in [1.29, 1.82) is 0 Å². The Balaban J connectivity index is 1.23. The summed E-state index contributed by atoms with van der Waals surface area (Å²) in [6.45, 7) is 0.248. The lowest BCUT2D eigenvalue weighted by molar-refractivity contribution is 0.174. The minimum atomic E-state index is 0.248. The van der Waals surface area contributed by atoms with Crippen molar-refractivity contribution in [2.24, 2.45) is 5.10 Å². The first-order valence-electron chi connectivity index (χ1n) is 8.98. The number of nitrogens with one attached hydrogen (secondary N) is 2. The summed E-state index contributed by atoms with van der Waals surface area (Å²) >= 11 is 1.47. The van der Waals surface area contributed by atoms with Gasteiger partial charge < -0.3 is 18.9 Å². The molecule has 0 radical (unpaired) electrons. The third-order valence-electron chi connectivity index (χ3n) is 4.75. The molecule has 0 saturated heterocycles. The summed E-state index contributed by atoms with van der Waals surface area (Å²) in [5.74, 6) is 2.19. The Hall–Kier alpha value is -3.78. The summed E-state index contributed by atoms with van der Waals surface area (Å²) in [7, 11) is 0. The van der Waals surface area contributed by atoms with Crippen LogP contribution in [-0.2, 0) is 0 Å². The highest BCUT2D eigenvalue weighted by molar-refractivity contribution is 7.18. The molecule has 0 atom stereocenters. The molecule has 4 heterocycles. The maximum absolute atomic E-state index is 5.97. The maximum Gasteiger partial charge on any atom is 0.231 e. The van der Waals surface area contributed by atoms with Crippen molar-refractivity contribution in [3.63, 3.8) is 0 Å². The van der Waals surface area contributed by atoms with E-state index in [4.69, 9.17) is 13.9 Å². The fourth-order valence-electron chi connectivity index (χ4n) is 3.35. The van der Waals surface area contributed by atoms with E-state index in [9.17, 15) is 0 Å². The predicted octanol–water partition coefficient (Wildman–Crippen LogP) is 5.21. The molecule has 0 spiro atoms. The molecule has 142 valence electrons. The van der Waals surface area contributed by atoms with E-state index in [1.165, 1.54) is 11.3 Å². The van der Waals surface area contributed by atoms with Crippen LogP contribution in [0.4, 0.5) is 5.13 Å². The van der Waals surface area contributed by atoms with E-state index in [1.807, 2.05) is 42.6 Å². The zero-order valence-electron chi connectivity index (χ0n) is 15.0. The van der Waals surface area contributed by atoms with Crippen molar-refractivity contribution in [1.82, 2.24) is 9.97 Å². The van der Waals surface area contributed by atoms with Crippen LogP contribution in [0.3, 0.4) is 0 Å². The van der Waals surface area contributed by atoms with Gasteiger partial charge in [-0.1, -0.05) is 29.5 Å². The van der Waals surface area contributed by atoms with Gasteiger partial charge in [0.05, 0.1) is 17.3 Å². The minimum absolute atomic E-state index is 0.248. The topological polar surface area (TPSA) is 84.7 Å². The molecule has 0 unspecified atom stereocenters. The van der Waals surface area contributed by atoms with E-state index in [1.54, 1.807) is 12.4 Å². The largest absolute Gasteiger partial charge is 0.455 e. The van der Waals surface area contributed by atoms with E-state index >= 15 is 0 Å². The SMILES string of the molecule is C(=N\Nc1ncc(-c2cc3cc4c(cc3o2)OCO4)s1)/c1c[nH]c2ccccc12. The van der Waals surface area contributed by atoms with Crippen LogP contribution >= 0.6 is 11.3 Å². The Morgan fingerprint density at radius 3 is 3.00 bits per heavy atom. The number of benzene rings is 2. The Labute approximate surface area is 168 Å². The number of hydrogen-bond acceptors (Lipinski definition) is 7. The number of para-hydroxylation sites is 1. The number of hydrogen-bond donors (Lipinski definition) is 2. The monoisotopic (exact) mass is 402 g/mol. The second-order valence-corrected chi connectivity index (χ2v) is 7.57. The Bertz CT molecular complexity index is 1340. The second-order valence-electron chi connectivity index (χ2n) is 6.54. The van der Waals surface area contributed by atoms with E-state index in [-0.39, 0.29) is 6.79 Å². The van der Waals surface area contributed by atoms with Crippen LogP contribution in [-0.4, -0.2) is 23.0 Å². The Morgan fingerprint density at radius 1 is 1.14 bits per heavy atom. The number of thiazole rings is 1. The summed E-state index contributed by atoms with van der Waals surface area (Å²) in [4.78, 5) is 8.52. The van der Waals surface area contributed by atoms with Crippen molar-refractivity contribution in [3.05, 3.63) is 60.4 Å².